The zero-order valence-corrected chi connectivity index (χ0v) is 32.7. The number of aromatic hydroxyl groups is 1. The molecule has 312 valence electrons. The number of hydrogen-bond acceptors (Lipinski definition) is 8. The van der Waals surface area contributed by atoms with Gasteiger partial charge in [-0.3, -0.25) is 24.6 Å². The van der Waals surface area contributed by atoms with Crippen LogP contribution in [0, 0.1) is 23.7 Å². The van der Waals surface area contributed by atoms with Crippen LogP contribution in [0.4, 0.5) is 37.7 Å². The molecule has 2 heterocycles. The number of anilines is 2. The van der Waals surface area contributed by atoms with Gasteiger partial charge in [0.2, 0.25) is 11.8 Å². The predicted molar refractivity (Wildman–Crippen MR) is 204 cm³/mol. The van der Waals surface area contributed by atoms with Crippen molar-refractivity contribution in [2.24, 2.45) is 23.7 Å². The summed E-state index contributed by atoms with van der Waals surface area (Å²) in [6, 6.07) is 15.6. The van der Waals surface area contributed by atoms with Gasteiger partial charge in [-0.15, -0.1) is 0 Å². The molecule has 60 heavy (non-hydrogen) atoms. The first-order chi connectivity index (χ1) is 28.3. The number of benzene rings is 4. The summed E-state index contributed by atoms with van der Waals surface area (Å²) in [5.41, 5.74) is -2.20. The molecule has 0 aromatic heterocycles. The highest BCUT2D eigenvalue weighted by Gasteiger charge is 2.70. The van der Waals surface area contributed by atoms with Gasteiger partial charge in [-0.05, 0) is 90.6 Å². The summed E-state index contributed by atoms with van der Waals surface area (Å²) in [7, 11) is 2.76. The van der Waals surface area contributed by atoms with Gasteiger partial charge in [-0.1, -0.05) is 53.1 Å². The molecule has 10 nitrogen and oxygen atoms in total. The highest BCUT2D eigenvalue weighted by Crippen LogP contribution is 2.64. The topological polar surface area (TPSA) is 125 Å². The minimum absolute atomic E-state index is 0.0609. The number of ether oxygens (including phenoxy) is 2. The number of hydrogen-bond donors (Lipinski definition) is 2. The fraction of sp³-hybridized carbons (Fsp3) is 0.286. The summed E-state index contributed by atoms with van der Waals surface area (Å²) < 4.78 is 94.4. The highest BCUT2D eigenvalue weighted by molar-refractivity contribution is 6.36. The van der Waals surface area contributed by atoms with Crippen LogP contribution >= 0.6 is 23.2 Å². The van der Waals surface area contributed by atoms with Crippen LogP contribution in [0.15, 0.2) is 90.5 Å². The number of carbonyl (C=O) groups is 4. The molecule has 0 spiro atoms. The van der Waals surface area contributed by atoms with Crippen molar-refractivity contribution in [2.75, 3.05) is 24.5 Å². The van der Waals surface area contributed by atoms with E-state index in [0.717, 1.165) is 5.01 Å². The lowest BCUT2D eigenvalue weighted by Gasteiger charge is -2.50. The summed E-state index contributed by atoms with van der Waals surface area (Å²) in [4.78, 5) is 59.4. The normalized spacial score (nSPS) is 25.2. The van der Waals surface area contributed by atoms with Gasteiger partial charge < -0.3 is 14.6 Å². The number of fused-ring (bicyclic) bond motifs is 4. The summed E-state index contributed by atoms with van der Waals surface area (Å²) in [5, 5.41) is 12.3. The zero-order chi connectivity index (χ0) is 43.2. The molecular formula is C42H31Cl2F6N3O7. The Labute approximate surface area is 347 Å². The predicted octanol–water partition coefficient (Wildman–Crippen LogP) is 8.94. The van der Waals surface area contributed by atoms with Gasteiger partial charge in [0, 0.05) is 10.9 Å². The number of alkyl halides is 6. The van der Waals surface area contributed by atoms with E-state index < -0.39 is 87.8 Å². The van der Waals surface area contributed by atoms with Crippen LogP contribution in [0.25, 0.3) is 0 Å². The van der Waals surface area contributed by atoms with E-state index in [2.05, 4.69) is 5.43 Å². The number of rotatable bonds is 7. The van der Waals surface area contributed by atoms with Crippen LogP contribution < -0.4 is 19.8 Å². The summed E-state index contributed by atoms with van der Waals surface area (Å²) in [6.07, 6.45) is -9.36. The Kier molecular flexibility index (Phi) is 9.89. The van der Waals surface area contributed by atoms with E-state index in [1.165, 1.54) is 44.6 Å². The summed E-state index contributed by atoms with van der Waals surface area (Å²) in [6.45, 7) is 0. The smallest absolute Gasteiger partial charge is 0.416 e. The minimum Gasteiger partial charge on any atom is -0.504 e. The quantitative estimate of drug-likeness (QED) is 0.107. The molecule has 2 aliphatic carbocycles. The van der Waals surface area contributed by atoms with Crippen molar-refractivity contribution in [1.29, 1.82) is 0 Å². The fourth-order valence-electron chi connectivity index (χ4n) is 9.43. The average Bonchev–Trinajstić information content (AvgIpc) is 3.58. The Morgan fingerprint density at radius 3 is 2.03 bits per heavy atom. The third-order valence-corrected chi connectivity index (χ3v) is 12.5. The lowest BCUT2D eigenvalue weighted by molar-refractivity contribution is -0.143. The number of phenolic OH excluding ortho intramolecular Hbond substituents is 1. The van der Waals surface area contributed by atoms with Crippen LogP contribution in [0.5, 0.6) is 17.2 Å². The van der Waals surface area contributed by atoms with E-state index >= 15 is 4.79 Å². The molecule has 4 amide bonds. The number of amides is 4. The molecule has 2 saturated heterocycles. The molecular weight excluding hydrogens is 843 g/mol. The number of nitrogens with zero attached hydrogens (tertiary/aromatic N) is 2. The molecule has 18 heteroatoms. The van der Waals surface area contributed by atoms with Crippen LogP contribution in [-0.4, -0.2) is 48.0 Å². The molecule has 4 aliphatic rings. The molecule has 1 saturated carbocycles. The van der Waals surface area contributed by atoms with Crippen molar-refractivity contribution < 1.29 is 60.1 Å². The van der Waals surface area contributed by atoms with Crippen molar-refractivity contribution in [3.63, 3.8) is 0 Å². The number of imide groups is 2. The number of nitrogens with one attached hydrogen (secondary N) is 1. The van der Waals surface area contributed by atoms with Gasteiger partial charge in [-0.25, -0.2) is 4.90 Å². The Morgan fingerprint density at radius 2 is 1.45 bits per heavy atom. The monoisotopic (exact) mass is 873 g/mol. The molecule has 3 fully saturated rings. The second-order valence-corrected chi connectivity index (χ2v) is 15.8. The lowest BCUT2D eigenvalue weighted by atomic mass is 9.49. The van der Waals surface area contributed by atoms with Crippen LogP contribution in [0.1, 0.15) is 41.0 Å². The Morgan fingerprint density at radius 1 is 0.783 bits per heavy atom. The van der Waals surface area contributed by atoms with Gasteiger partial charge in [0.05, 0.1) is 64.9 Å². The molecule has 8 rings (SSSR count). The van der Waals surface area contributed by atoms with E-state index in [1.54, 1.807) is 36.4 Å². The van der Waals surface area contributed by atoms with Gasteiger partial charge >= 0.3 is 12.4 Å². The third-order valence-electron chi connectivity index (χ3n) is 11.9. The summed E-state index contributed by atoms with van der Waals surface area (Å²) in [5.74, 6) is -9.64. The second kappa shape index (κ2) is 14.5. The number of methoxy groups -OCH3 is 2. The SMILES string of the molecule is COc1ccc([C@@]23C(=O)N(Nc4ccc(Cl)cc4Cl)C(=O)[C@@H]2C[C@@H]2C(=CC[C@@H]4C(=O)N(c5cc(C(F)(F)F)cc(C(F)(F)F)c5)C(=O)[C@@H]42)[C@@H]3c2ccc(OC)c(O)c2)cc1. The molecule has 0 radical (unpaired) electrons. The van der Waals surface area contributed by atoms with Crippen LogP contribution in [-0.2, 0) is 36.9 Å². The number of halogens is 8. The Hall–Kier alpha value is -5.74. The first-order valence-corrected chi connectivity index (χ1v) is 19.1. The summed E-state index contributed by atoms with van der Waals surface area (Å²) >= 11 is 12.6. The third kappa shape index (κ3) is 6.33. The Balaban J connectivity index is 1.32. The zero-order valence-electron chi connectivity index (χ0n) is 31.2. The van der Waals surface area contributed by atoms with Gasteiger partial charge in [0.25, 0.3) is 11.8 Å². The van der Waals surface area contributed by atoms with E-state index in [1.807, 2.05) is 0 Å². The molecule has 2 aliphatic heterocycles. The molecule has 0 bridgehead atoms. The van der Waals surface area contributed by atoms with Crippen LogP contribution in [0.3, 0.4) is 0 Å². The fourth-order valence-corrected chi connectivity index (χ4v) is 9.88. The van der Waals surface area contributed by atoms with Crippen LogP contribution in [0.2, 0.25) is 10.0 Å². The average molecular weight is 875 g/mol. The van der Waals surface area contributed by atoms with Crippen molar-refractivity contribution in [1.82, 2.24) is 5.01 Å². The van der Waals surface area contributed by atoms with E-state index in [-0.39, 0.29) is 51.7 Å². The molecule has 6 atom stereocenters. The van der Waals surface area contributed by atoms with Crippen molar-refractivity contribution in [3.8, 4) is 17.2 Å². The van der Waals surface area contributed by atoms with Crippen molar-refractivity contribution in [2.45, 2.75) is 36.5 Å². The van der Waals surface area contributed by atoms with Crippen molar-refractivity contribution >= 4 is 58.2 Å². The van der Waals surface area contributed by atoms with Crippen molar-refractivity contribution in [3.05, 3.63) is 123 Å². The minimum atomic E-state index is -5.26. The van der Waals surface area contributed by atoms with E-state index in [9.17, 15) is 45.8 Å². The number of phenols is 1. The van der Waals surface area contributed by atoms with Gasteiger partial charge in [0.1, 0.15) is 5.75 Å². The molecule has 2 N–H and O–H groups in total. The number of allylic oxidation sites excluding steroid dienone is 2. The second-order valence-electron chi connectivity index (χ2n) is 14.9. The maximum Gasteiger partial charge on any atom is 0.416 e. The molecule has 0 unspecified atom stereocenters. The number of hydrazine groups is 1. The number of carbonyl (C=O) groups excluding carboxylic acids is 4. The molecule has 4 aromatic carbocycles. The lowest BCUT2D eigenvalue weighted by Crippen LogP contribution is -2.53. The first kappa shape index (κ1) is 41.0. The molecule has 4 aromatic rings. The maximum absolute atomic E-state index is 15.4. The first-order valence-electron chi connectivity index (χ1n) is 18.3. The largest absolute Gasteiger partial charge is 0.504 e. The maximum atomic E-state index is 15.4. The Bertz CT molecular complexity index is 2480. The van der Waals surface area contributed by atoms with Gasteiger partial charge in [-0.2, -0.15) is 31.4 Å². The van der Waals surface area contributed by atoms with E-state index in [4.69, 9.17) is 32.7 Å². The standard InChI is InChI=1S/C42H31Cl2F6N3O7/c1-59-25-7-4-20(5-8-25)40-29(37(56)53(39(40)58)51-31-11-6-23(43)17-30(31)44)18-28-26(35(40)19-3-12-33(60-2)32(54)13-19)9-10-27-34(28)38(57)52(36(27)55)24-15-21(41(45,46)47)14-22(16-24)42(48,49)50/h3-9,11-17,27-29,34-35,51,54H,10,18H2,1-2H3/t27-,28+,29-,34-,35-,40+/m0/s1. The van der Waals surface area contributed by atoms with E-state index in [0.29, 0.717) is 33.9 Å². The van der Waals surface area contributed by atoms with Gasteiger partial charge in [0.15, 0.2) is 11.5 Å². The highest BCUT2D eigenvalue weighted by atomic mass is 35.5.